The second-order valence-electron chi connectivity index (χ2n) is 6.91. The number of hydrogen-bond acceptors (Lipinski definition) is 3. The molecule has 5 heteroatoms. The third-order valence-corrected chi connectivity index (χ3v) is 5.55. The highest BCUT2D eigenvalue weighted by Crippen LogP contribution is 2.53. The van der Waals surface area contributed by atoms with Gasteiger partial charge in [-0.2, -0.15) is 0 Å². The lowest BCUT2D eigenvalue weighted by atomic mass is 9.74. The van der Waals surface area contributed by atoms with Crippen molar-refractivity contribution in [3.8, 4) is 0 Å². The maximum atomic E-state index is 13.7. The van der Waals surface area contributed by atoms with Crippen molar-refractivity contribution < 1.29 is 9.31 Å². The molecule has 0 fully saturated rings. The molecule has 1 heterocycles. The van der Waals surface area contributed by atoms with Crippen LogP contribution in [0.2, 0.25) is 0 Å². The van der Waals surface area contributed by atoms with Crippen LogP contribution in [-0.2, 0) is 0 Å². The fourth-order valence-electron chi connectivity index (χ4n) is 4.25. The van der Waals surface area contributed by atoms with Gasteiger partial charge in [-0.3, -0.25) is 10.1 Å². The van der Waals surface area contributed by atoms with Gasteiger partial charge in [-0.1, -0.05) is 24.3 Å². The second-order valence-corrected chi connectivity index (χ2v) is 6.91. The molecular formula is C20H19FN2O2. The Morgan fingerprint density at radius 3 is 2.80 bits per heavy atom. The van der Waals surface area contributed by atoms with E-state index in [2.05, 4.69) is 17.5 Å². The molecular weight excluding hydrogens is 319 g/mol. The van der Waals surface area contributed by atoms with Gasteiger partial charge in [-0.15, -0.1) is 0 Å². The number of nitro groups is 1. The van der Waals surface area contributed by atoms with Crippen molar-refractivity contribution in [3.05, 3.63) is 80.7 Å². The van der Waals surface area contributed by atoms with Gasteiger partial charge in [-0.25, -0.2) is 4.39 Å². The number of halogens is 1. The number of benzene rings is 2. The van der Waals surface area contributed by atoms with E-state index in [1.165, 1.54) is 12.1 Å². The Labute approximate surface area is 145 Å². The second kappa shape index (κ2) is 5.69. The van der Waals surface area contributed by atoms with Gasteiger partial charge in [0, 0.05) is 12.0 Å². The zero-order valence-corrected chi connectivity index (χ0v) is 14.1. The Kier molecular flexibility index (Phi) is 3.60. The molecule has 1 N–H and O–H groups in total. The fraction of sp³-hybridized carbons (Fsp3) is 0.300. The largest absolute Gasteiger partial charge is 0.372 e. The van der Waals surface area contributed by atoms with Crippen molar-refractivity contribution in [2.45, 2.75) is 32.2 Å². The maximum Gasteiger partial charge on any atom is 0.292 e. The molecule has 128 valence electrons. The van der Waals surface area contributed by atoms with E-state index in [1.54, 1.807) is 12.1 Å². The molecule has 4 rings (SSSR count). The standard InChI is InChI=1S/C20H19FN2O2/c1-11-9-17(23(24)25)20-18(12(11)2)15-7-4-8-16(15)19(22-20)13-5-3-6-14(21)10-13/h3-7,9-10,15-16,19,22H,8H2,1-2H3/t15-,16-,19-/m1/s1. The number of hydrogen-bond donors (Lipinski definition) is 1. The van der Waals surface area contributed by atoms with Crippen LogP contribution in [-0.4, -0.2) is 4.92 Å². The number of nitro benzene ring substituents is 1. The van der Waals surface area contributed by atoms with Crippen molar-refractivity contribution in [2.24, 2.45) is 5.92 Å². The molecule has 2 aliphatic rings. The minimum absolute atomic E-state index is 0.0956. The number of rotatable bonds is 2. The first-order valence-electron chi connectivity index (χ1n) is 8.44. The number of aryl methyl sites for hydroxylation is 1. The Morgan fingerprint density at radius 1 is 1.28 bits per heavy atom. The zero-order chi connectivity index (χ0) is 17.7. The summed E-state index contributed by atoms with van der Waals surface area (Å²) in [5.41, 5.74) is 4.53. The molecule has 0 aromatic heterocycles. The fourth-order valence-corrected chi connectivity index (χ4v) is 4.25. The summed E-state index contributed by atoms with van der Waals surface area (Å²) >= 11 is 0. The monoisotopic (exact) mass is 338 g/mol. The quantitative estimate of drug-likeness (QED) is 0.466. The van der Waals surface area contributed by atoms with Gasteiger partial charge in [0.05, 0.1) is 11.0 Å². The SMILES string of the molecule is Cc1cc([N+](=O)[O-])c2c(c1C)[C@@H]1C=CC[C@H]1[C@@H](c1cccc(F)c1)N2. The number of nitrogens with one attached hydrogen (secondary N) is 1. The van der Waals surface area contributed by atoms with Gasteiger partial charge >= 0.3 is 0 Å². The number of nitrogens with zero attached hydrogens (tertiary/aromatic N) is 1. The van der Waals surface area contributed by atoms with Gasteiger partial charge in [-0.05, 0) is 60.6 Å². The molecule has 0 spiro atoms. The molecule has 0 saturated heterocycles. The minimum atomic E-state index is -0.333. The molecule has 2 aromatic carbocycles. The van der Waals surface area contributed by atoms with Crippen LogP contribution in [0, 0.1) is 35.7 Å². The molecule has 1 aliphatic carbocycles. The molecule has 0 amide bonds. The lowest BCUT2D eigenvalue weighted by Gasteiger charge is -2.38. The van der Waals surface area contributed by atoms with Crippen molar-refractivity contribution in [3.63, 3.8) is 0 Å². The Bertz CT molecular complexity index is 907. The van der Waals surface area contributed by atoms with Crippen LogP contribution in [0.15, 0.2) is 42.5 Å². The van der Waals surface area contributed by atoms with E-state index < -0.39 is 0 Å². The van der Waals surface area contributed by atoms with Gasteiger partial charge in [0.25, 0.3) is 5.69 Å². The normalized spacial score (nSPS) is 23.7. The Morgan fingerprint density at radius 2 is 2.08 bits per heavy atom. The molecule has 1 aliphatic heterocycles. The van der Waals surface area contributed by atoms with E-state index in [4.69, 9.17) is 0 Å². The predicted octanol–water partition coefficient (Wildman–Crippen LogP) is 5.18. The van der Waals surface area contributed by atoms with E-state index in [9.17, 15) is 14.5 Å². The highest BCUT2D eigenvalue weighted by Gasteiger charge is 2.41. The molecule has 25 heavy (non-hydrogen) atoms. The summed E-state index contributed by atoms with van der Waals surface area (Å²) in [6.07, 6.45) is 5.15. The third-order valence-electron chi connectivity index (χ3n) is 5.55. The molecule has 2 aromatic rings. The molecule has 0 saturated carbocycles. The predicted molar refractivity (Wildman–Crippen MR) is 95.3 cm³/mol. The summed E-state index contributed by atoms with van der Waals surface area (Å²) in [7, 11) is 0. The van der Waals surface area contributed by atoms with Crippen LogP contribution < -0.4 is 5.32 Å². The molecule has 0 unspecified atom stereocenters. The van der Waals surface area contributed by atoms with E-state index in [1.807, 2.05) is 19.9 Å². The van der Waals surface area contributed by atoms with Gasteiger partial charge in [0.15, 0.2) is 0 Å². The van der Waals surface area contributed by atoms with Gasteiger partial charge in [0.2, 0.25) is 0 Å². The number of allylic oxidation sites excluding steroid dienone is 2. The summed E-state index contributed by atoms with van der Waals surface area (Å²) in [5, 5.41) is 15.0. The van der Waals surface area contributed by atoms with Gasteiger partial charge in [0.1, 0.15) is 11.5 Å². The molecule has 3 atom stereocenters. The van der Waals surface area contributed by atoms with Crippen molar-refractivity contribution in [1.82, 2.24) is 0 Å². The highest BCUT2D eigenvalue weighted by molar-refractivity contribution is 5.74. The number of anilines is 1. The molecule has 4 nitrogen and oxygen atoms in total. The summed E-state index contributed by atoms with van der Waals surface area (Å²) in [5.74, 6) is 0.0553. The first-order valence-corrected chi connectivity index (χ1v) is 8.44. The third kappa shape index (κ3) is 2.42. The van der Waals surface area contributed by atoms with E-state index in [0.717, 1.165) is 28.7 Å². The lowest BCUT2D eigenvalue weighted by molar-refractivity contribution is -0.384. The maximum absolute atomic E-state index is 13.7. The van der Waals surface area contributed by atoms with Crippen molar-refractivity contribution >= 4 is 11.4 Å². The summed E-state index contributed by atoms with van der Waals surface area (Å²) in [6, 6.07) is 7.99. The van der Waals surface area contributed by atoms with Crippen LogP contribution in [0.5, 0.6) is 0 Å². The Balaban J connectivity index is 1.92. The Hall–Kier alpha value is -2.69. The van der Waals surface area contributed by atoms with Crippen LogP contribution in [0.4, 0.5) is 15.8 Å². The summed E-state index contributed by atoms with van der Waals surface area (Å²) < 4.78 is 13.7. The summed E-state index contributed by atoms with van der Waals surface area (Å²) in [6.45, 7) is 3.93. The van der Waals surface area contributed by atoms with E-state index >= 15 is 0 Å². The smallest absolute Gasteiger partial charge is 0.292 e. The zero-order valence-electron chi connectivity index (χ0n) is 14.1. The van der Waals surface area contributed by atoms with Crippen LogP contribution >= 0.6 is 0 Å². The van der Waals surface area contributed by atoms with Crippen LogP contribution in [0.1, 0.15) is 40.6 Å². The van der Waals surface area contributed by atoms with Crippen LogP contribution in [0.3, 0.4) is 0 Å². The van der Waals surface area contributed by atoms with Gasteiger partial charge < -0.3 is 5.32 Å². The average Bonchev–Trinajstić information content (AvgIpc) is 3.06. The minimum Gasteiger partial charge on any atom is -0.372 e. The average molecular weight is 338 g/mol. The molecule has 0 bridgehead atoms. The van der Waals surface area contributed by atoms with Crippen molar-refractivity contribution in [2.75, 3.05) is 5.32 Å². The summed E-state index contributed by atoms with van der Waals surface area (Å²) in [4.78, 5) is 11.3. The number of fused-ring (bicyclic) bond motifs is 3. The topological polar surface area (TPSA) is 55.2 Å². The first kappa shape index (κ1) is 15.8. The lowest BCUT2D eigenvalue weighted by Crippen LogP contribution is -2.30. The van der Waals surface area contributed by atoms with E-state index in [-0.39, 0.29) is 34.3 Å². The first-order chi connectivity index (χ1) is 12.0. The van der Waals surface area contributed by atoms with Crippen molar-refractivity contribution in [1.29, 1.82) is 0 Å². The van der Waals surface area contributed by atoms with E-state index in [0.29, 0.717) is 5.69 Å². The highest BCUT2D eigenvalue weighted by atomic mass is 19.1. The molecule has 0 radical (unpaired) electrons. The van der Waals surface area contributed by atoms with Crippen LogP contribution in [0.25, 0.3) is 0 Å².